The molecule has 3 amide bonds. The van der Waals surface area contributed by atoms with Crippen molar-refractivity contribution in [2.24, 2.45) is 0 Å². The topological polar surface area (TPSA) is 83.1 Å². The van der Waals surface area contributed by atoms with Crippen LogP contribution in [0.4, 0.5) is 16.2 Å². The molecule has 0 unspecified atom stereocenters. The number of thiazole rings is 1. The van der Waals surface area contributed by atoms with Gasteiger partial charge in [-0.2, -0.15) is 0 Å². The lowest BCUT2D eigenvalue weighted by Crippen LogP contribution is -2.28. The number of carbonyl (C=O) groups excluding carboxylic acids is 2. The minimum atomic E-state index is -0.304. The van der Waals surface area contributed by atoms with E-state index >= 15 is 0 Å². The highest BCUT2D eigenvalue weighted by Crippen LogP contribution is 2.15. The average molecular weight is 344 g/mol. The predicted octanol–water partition coefficient (Wildman–Crippen LogP) is 3.19. The van der Waals surface area contributed by atoms with Gasteiger partial charge >= 0.3 is 6.03 Å². The molecule has 0 fully saturated rings. The third kappa shape index (κ3) is 5.51. The Hall–Kier alpha value is -2.67. The van der Waals surface area contributed by atoms with Gasteiger partial charge in [0, 0.05) is 23.3 Å². The van der Waals surface area contributed by atoms with Crippen molar-refractivity contribution < 1.29 is 9.59 Å². The van der Waals surface area contributed by atoms with Gasteiger partial charge in [-0.25, -0.2) is 9.78 Å². The molecule has 126 valence electrons. The molecular formula is C17H20N4O2S. The second-order valence-corrected chi connectivity index (χ2v) is 5.95. The number of benzene rings is 1. The fourth-order valence-corrected chi connectivity index (χ4v) is 2.68. The van der Waals surface area contributed by atoms with E-state index in [1.54, 1.807) is 41.7 Å². The molecule has 1 aromatic heterocycles. The van der Waals surface area contributed by atoms with Crippen LogP contribution < -0.4 is 16.0 Å². The summed E-state index contributed by atoms with van der Waals surface area (Å²) in [6.45, 7) is 5.97. The number of nitrogens with one attached hydrogen (secondary N) is 3. The monoisotopic (exact) mass is 344 g/mol. The van der Waals surface area contributed by atoms with Crippen molar-refractivity contribution in [1.29, 1.82) is 0 Å². The first-order valence-corrected chi connectivity index (χ1v) is 8.47. The van der Waals surface area contributed by atoms with Crippen molar-refractivity contribution in [3.8, 4) is 0 Å². The van der Waals surface area contributed by atoms with Crippen molar-refractivity contribution in [2.45, 2.75) is 19.8 Å². The molecule has 0 saturated heterocycles. The highest BCUT2D eigenvalue weighted by atomic mass is 32.1. The van der Waals surface area contributed by atoms with Crippen molar-refractivity contribution in [3.05, 3.63) is 53.0 Å². The van der Waals surface area contributed by atoms with Gasteiger partial charge in [0.25, 0.3) is 0 Å². The van der Waals surface area contributed by atoms with Crippen LogP contribution in [0, 0.1) is 0 Å². The zero-order valence-corrected chi connectivity index (χ0v) is 14.3. The largest absolute Gasteiger partial charge is 0.334 e. The van der Waals surface area contributed by atoms with Crippen molar-refractivity contribution in [3.63, 3.8) is 0 Å². The zero-order chi connectivity index (χ0) is 17.4. The summed E-state index contributed by atoms with van der Waals surface area (Å²) in [6, 6.07) is 6.61. The highest BCUT2D eigenvalue weighted by Gasteiger charge is 2.08. The van der Waals surface area contributed by atoms with Crippen LogP contribution in [0.15, 0.2) is 42.3 Å². The van der Waals surface area contributed by atoms with Crippen LogP contribution in [0.3, 0.4) is 0 Å². The van der Waals surface area contributed by atoms with Gasteiger partial charge in [-0.15, -0.1) is 17.9 Å². The summed E-state index contributed by atoms with van der Waals surface area (Å²) in [7, 11) is 0. The Morgan fingerprint density at radius 3 is 2.46 bits per heavy atom. The lowest BCUT2D eigenvalue weighted by molar-refractivity contribution is -0.115. The number of hydrogen-bond acceptors (Lipinski definition) is 4. The molecule has 2 aromatic rings. The number of aromatic nitrogens is 1. The molecular weight excluding hydrogens is 324 g/mol. The molecule has 3 N–H and O–H groups in total. The molecule has 0 radical (unpaired) electrons. The molecule has 2 rings (SSSR count). The van der Waals surface area contributed by atoms with E-state index in [4.69, 9.17) is 0 Å². The fourth-order valence-electron chi connectivity index (χ4n) is 1.94. The van der Waals surface area contributed by atoms with Crippen LogP contribution >= 0.6 is 11.3 Å². The third-order valence-corrected chi connectivity index (χ3v) is 4.12. The van der Waals surface area contributed by atoms with Crippen molar-refractivity contribution in [1.82, 2.24) is 10.3 Å². The van der Waals surface area contributed by atoms with Gasteiger partial charge < -0.3 is 16.0 Å². The van der Waals surface area contributed by atoms with Gasteiger partial charge in [-0.05, 0) is 30.7 Å². The summed E-state index contributed by atoms with van der Waals surface area (Å²) in [5.74, 6) is -0.118. The van der Waals surface area contributed by atoms with Gasteiger partial charge in [0.2, 0.25) is 5.91 Å². The van der Waals surface area contributed by atoms with Crippen LogP contribution in [0.1, 0.15) is 17.6 Å². The number of rotatable bonds is 7. The van der Waals surface area contributed by atoms with Crippen LogP contribution in [0.2, 0.25) is 0 Å². The van der Waals surface area contributed by atoms with E-state index in [0.717, 1.165) is 17.1 Å². The second-order valence-electron chi connectivity index (χ2n) is 5.01. The normalized spacial score (nSPS) is 10.0. The van der Waals surface area contributed by atoms with E-state index in [9.17, 15) is 9.59 Å². The summed E-state index contributed by atoms with van der Waals surface area (Å²) in [5.41, 5.74) is 2.09. The lowest BCUT2D eigenvalue weighted by atomic mass is 10.2. The summed E-state index contributed by atoms with van der Waals surface area (Å²) in [4.78, 5) is 27.9. The van der Waals surface area contributed by atoms with E-state index in [-0.39, 0.29) is 18.4 Å². The smallest absolute Gasteiger partial charge is 0.319 e. The van der Waals surface area contributed by atoms with Crippen molar-refractivity contribution >= 4 is 34.6 Å². The minimum absolute atomic E-state index is 0.118. The number of aryl methyl sites for hydroxylation is 1. The molecule has 0 spiro atoms. The van der Waals surface area contributed by atoms with E-state index in [1.165, 1.54) is 0 Å². The molecule has 0 saturated carbocycles. The lowest BCUT2D eigenvalue weighted by Gasteiger charge is -2.08. The summed E-state index contributed by atoms with van der Waals surface area (Å²) < 4.78 is 0. The molecule has 24 heavy (non-hydrogen) atoms. The first-order chi connectivity index (χ1) is 11.6. The van der Waals surface area contributed by atoms with Crippen molar-refractivity contribution in [2.75, 3.05) is 17.2 Å². The Labute approximate surface area is 145 Å². The summed E-state index contributed by atoms with van der Waals surface area (Å²) >= 11 is 1.57. The van der Waals surface area contributed by atoms with Gasteiger partial charge in [0.15, 0.2) is 0 Å². The third-order valence-electron chi connectivity index (χ3n) is 3.08. The Morgan fingerprint density at radius 1 is 1.21 bits per heavy atom. The predicted molar refractivity (Wildman–Crippen MR) is 97.5 cm³/mol. The van der Waals surface area contributed by atoms with Crippen LogP contribution in [0.25, 0.3) is 0 Å². The maximum atomic E-state index is 12.0. The number of anilines is 2. The quantitative estimate of drug-likeness (QED) is 0.675. The van der Waals surface area contributed by atoms with Gasteiger partial charge in [0.1, 0.15) is 0 Å². The summed E-state index contributed by atoms with van der Waals surface area (Å²) in [6.07, 6.45) is 2.73. The van der Waals surface area contributed by atoms with E-state index in [2.05, 4.69) is 27.5 Å². The molecule has 0 aliphatic rings. The Bertz CT molecular complexity index is 710. The molecule has 6 nitrogen and oxygen atoms in total. The molecule has 7 heteroatoms. The second kappa shape index (κ2) is 8.83. The number of amides is 3. The van der Waals surface area contributed by atoms with Gasteiger partial charge in [0.05, 0.1) is 17.1 Å². The Kier molecular flexibility index (Phi) is 6.51. The molecule has 1 heterocycles. The molecule has 1 aromatic carbocycles. The summed E-state index contributed by atoms with van der Waals surface area (Å²) in [5, 5.41) is 11.1. The van der Waals surface area contributed by atoms with Crippen LogP contribution in [-0.4, -0.2) is 23.5 Å². The van der Waals surface area contributed by atoms with E-state index < -0.39 is 0 Å². The first-order valence-electron chi connectivity index (χ1n) is 7.59. The number of carbonyl (C=O) groups is 2. The molecule has 0 bridgehead atoms. The maximum absolute atomic E-state index is 12.0. The SMILES string of the molecule is C=CCNC(=O)Nc1ccc(NC(=O)Cc2csc(CC)n2)cc1. The van der Waals surface area contributed by atoms with Gasteiger partial charge in [-0.1, -0.05) is 13.0 Å². The van der Waals surface area contributed by atoms with E-state index in [0.29, 0.717) is 17.9 Å². The van der Waals surface area contributed by atoms with Crippen LogP contribution in [-0.2, 0) is 17.6 Å². The standard InChI is InChI=1S/C17H20N4O2S/c1-3-9-18-17(23)21-13-7-5-12(6-8-13)19-15(22)10-14-11-24-16(4-2)20-14/h3,5-8,11H,1,4,9-10H2,2H3,(H,19,22)(H2,18,21,23). The van der Waals surface area contributed by atoms with Crippen LogP contribution in [0.5, 0.6) is 0 Å². The molecule has 0 aliphatic carbocycles. The Morgan fingerprint density at radius 2 is 1.88 bits per heavy atom. The number of nitrogens with zero attached hydrogens (tertiary/aromatic N) is 1. The highest BCUT2D eigenvalue weighted by molar-refractivity contribution is 7.09. The number of urea groups is 1. The molecule has 0 atom stereocenters. The minimum Gasteiger partial charge on any atom is -0.334 e. The Balaban J connectivity index is 1.85. The first kappa shape index (κ1) is 17.7. The zero-order valence-electron chi connectivity index (χ0n) is 13.5. The maximum Gasteiger partial charge on any atom is 0.319 e. The number of hydrogen-bond donors (Lipinski definition) is 3. The van der Waals surface area contributed by atoms with E-state index in [1.807, 2.05) is 12.3 Å². The fraction of sp³-hybridized carbons (Fsp3) is 0.235. The van der Waals surface area contributed by atoms with Gasteiger partial charge in [-0.3, -0.25) is 4.79 Å². The average Bonchev–Trinajstić information content (AvgIpc) is 3.02. The molecule has 0 aliphatic heterocycles.